The number of carbonyl (C=O) groups is 2. The first-order chi connectivity index (χ1) is 9.95. The van der Waals surface area contributed by atoms with Gasteiger partial charge in [-0.05, 0) is 24.6 Å². The lowest BCUT2D eigenvalue weighted by Gasteiger charge is -2.02. The maximum absolute atomic E-state index is 10.7. The Kier molecular flexibility index (Phi) is 4.37. The summed E-state index contributed by atoms with van der Waals surface area (Å²) in [6.07, 6.45) is -0.167. The number of aromatic nitrogens is 1. The molecular weight excluding hydrogens is 274 g/mol. The second kappa shape index (κ2) is 6.21. The number of carboxylic acids is 1. The number of aryl methyl sites for hydroxylation is 1. The minimum absolute atomic E-state index is 0.167. The minimum atomic E-state index is -0.949. The van der Waals surface area contributed by atoms with Crippen LogP contribution < -0.4 is 0 Å². The fraction of sp³-hybridized carbons (Fsp3) is 0.267. The molecule has 2 rings (SSSR count). The lowest BCUT2D eigenvalue weighted by Crippen LogP contribution is -2.01. The van der Waals surface area contributed by atoms with E-state index in [1.807, 2.05) is 0 Å². The number of oxazole rings is 1. The summed E-state index contributed by atoms with van der Waals surface area (Å²) in [5, 5.41) is 8.79. The zero-order valence-electron chi connectivity index (χ0n) is 11.8. The second-order valence-electron chi connectivity index (χ2n) is 4.57. The highest BCUT2D eigenvalue weighted by Gasteiger charge is 2.14. The molecule has 1 heterocycles. The summed E-state index contributed by atoms with van der Waals surface area (Å²) in [7, 11) is 0. The molecule has 0 saturated heterocycles. The summed E-state index contributed by atoms with van der Waals surface area (Å²) in [5.41, 5.74) is 2.01. The smallest absolute Gasteiger partial charge is 0.309 e. The predicted octanol–water partition coefficient (Wildman–Crippen LogP) is 2.34. The molecule has 0 atom stereocenters. The molecule has 0 spiro atoms. The van der Waals surface area contributed by atoms with Crippen molar-refractivity contribution in [2.45, 2.75) is 26.9 Å². The van der Waals surface area contributed by atoms with Gasteiger partial charge in [0.1, 0.15) is 12.4 Å². The highest BCUT2D eigenvalue weighted by atomic mass is 16.5. The van der Waals surface area contributed by atoms with Gasteiger partial charge in [0.15, 0.2) is 0 Å². The van der Waals surface area contributed by atoms with Crippen LogP contribution in [0, 0.1) is 6.92 Å². The van der Waals surface area contributed by atoms with E-state index in [4.69, 9.17) is 14.3 Å². The predicted molar refractivity (Wildman–Crippen MR) is 73.5 cm³/mol. The number of benzene rings is 1. The molecule has 0 radical (unpaired) electrons. The van der Waals surface area contributed by atoms with Crippen LogP contribution in [0.2, 0.25) is 0 Å². The van der Waals surface area contributed by atoms with Crippen LogP contribution in [-0.4, -0.2) is 22.0 Å². The van der Waals surface area contributed by atoms with Gasteiger partial charge in [0, 0.05) is 12.5 Å². The fourth-order valence-electron chi connectivity index (χ4n) is 1.79. The molecule has 6 heteroatoms. The molecule has 110 valence electrons. The molecule has 0 unspecified atom stereocenters. The number of esters is 1. The van der Waals surface area contributed by atoms with Crippen molar-refractivity contribution in [1.82, 2.24) is 4.98 Å². The summed E-state index contributed by atoms with van der Waals surface area (Å²) in [6, 6.07) is 7.17. The van der Waals surface area contributed by atoms with Crippen LogP contribution in [0.3, 0.4) is 0 Å². The van der Waals surface area contributed by atoms with E-state index in [0.29, 0.717) is 17.3 Å². The van der Waals surface area contributed by atoms with Crippen LogP contribution in [0.1, 0.15) is 23.9 Å². The van der Waals surface area contributed by atoms with Gasteiger partial charge in [0.2, 0.25) is 5.89 Å². The Morgan fingerprint density at radius 2 is 1.95 bits per heavy atom. The largest absolute Gasteiger partial charge is 0.481 e. The van der Waals surface area contributed by atoms with E-state index in [9.17, 15) is 9.59 Å². The van der Waals surface area contributed by atoms with E-state index in [1.165, 1.54) is 6.92 Å². The summed E-state index contributed by atoms with van der Waals surface area (Å²) in [5.74, 6) is -0.408. The Morgan fingerprint density at radius 1 is 1.29 bits per heavy atom. The van der Waals surface area contributed by atoms with Crippen LogP contribution in [-0.2, 0) is 27.4 Å². The SMILES string of the molecule is CC(=O)OCc1ccc(-c2nc(CC(=O)O)c(C)o2)cc1. The van der Waals surface area contributed by atoms with Crippen LogP contribution in [0.25, 0.3) is 11.5 Å². The van der Waals surface area contributed by atoms with E-state index in [-0.39, 0.29) is 19.0 Å². The quantitative estimate of drug-likeness (QED) is 0.850. The molecule has 2 aromatic rings. The zero-order chi connectivity index (χ0) is 15.4. The first kappa shape index (κ1) is 14.8. The summed E-state index contributed by atoms with van der Waals surface area (Å²) >= 11 is 0. The van der Waals surface area contributed by atoms with Crippen molar-refractivity contribution in [3.05, 3.63) is 41.3 Å². The molecule has 0 fully saturated rings. The Bertz CT molecular complexity index is 657. The Balaban J connectivity index is 2.15. The molecule has 6 nitrogen and oxygen atoms in total. The van der Waals surface area contributed by atoms with Gasteiger partial charge in [-0.1, -0.05) is 12.1 Å². The van der Waals surface area contributed by atoms with E-state index in [2.05, 4.69) is 4.98 Å². The standard InChI is InChI=1S/C15H15NO5/c1-9-13(7-14(18)19)16-15(21-9)12-5-3-11(4-6-12)8-20-10(2)17/h3-6H,7-8H2,1-2H3,(H,18,19). The molecule has 0 aliphatic carbocycles. The van der Waals surface area contributed by atoms with Crippen molar-refractivity contribution < 1.29 is 23.8 Å². The zero-order valence-corrected chi connectivity index (χ0v) is 11.8. The third kappa shape index (κ3) is 3.92. The van der Waals surface area contributed by atoms with Gasteiger partial charge in [0.05, 0.1) is 12.1 Å². The molecule has 0 saturated carbocycles. The number of hydrogen-bond acceptors (Lipinski definition) is 5. The fourth-order valence-corrected chi connectivity index (χ4v) is 1.79. The van der Waals surface area contributed by atoms with Crippen LogP contribution >= 0.6 is 0 Å². The van der Waals surface area contributed by atoms with Gasteiger partial charge in [-0.25, -0.2) is 4.98 Å². The van der Waals surface area contributed by atoms with Crippen LogP contribution in [0.4, 0.5) is 0 Å². The molecule has 1 aromatic heterocycles. The van der Waals surface area contributed by atoms with Crippen molar-refractivity contribution in [2.75, 3.05) is 0 Å². The highest BCUT2D eigenvalue weighted by molar-refractivity contribution is 5.70. The van der Waals surface area contributed by atoms with Gasteiger partial charge in [-0.2, -0.15) is 0 Å². The summed E-state index contributed by atoms with van der Waals surface area (Å²) in [6.45, 7) is 3.25. The van der Waals surface area contributed by atoms with Gasteiger partial charge < -0.3 is 14.3 Å². The molecule has 0 bridgehead atoms. The van der Waals surface area contributed by atoms with E-state index in [1.54, 1.807) is 31.2 Å². The topological polar surface area (TPSA) is 89.6 Å². The third-order valence-electron chi connectivity index (χ3n) is 2.85. The van der Waals surface area contributed by atoms with Crippen molar-refractivity contribution in [3.63, 3.8) is 0 Å². The monoisotopic (exact) mass is 289 g/mol. The lowest BCUT2D eigenvalue weighted by atomic mass is 10.1. The Morgan fingerprint density at radius 3 is 2.52 bits per heavy atom. The van der Waals surface area contributed by atoms with Crippen molar-refractivity contribution in [2.24, 2.45) is 0 Å². The van der Waals surface area contributed by atoms with Gasteiger partial charge in [-0.15, -0.1) is 0 Å². The van der Waals surface area contributed by atoms with Crippen molar-refractivity contribution in [3.8, 4) is 11.5 Å². The molecular formula is C15H15NO5. The van der Waals surface area contributed by atoms with Crippen LogP contribution in [0.15, 0.2) is 28.7 Å². The first-order valence-electron chi connectivity index (χ1n) is 6.36. The Labute approximate surface area is 121 Å². The van der Waals surface area contributed by atoms with Gasteiger partial charge >= 0.3 is 11.9 Å². The molecule has 0 aliphatic heterocycles. The average Bonchev–Trinajstić information content (AvgIpc) is 2.78. The molecule has 1 N–H and O–H groups in total. The molecule has 21 heavy (non-hydrogen) atoms. The number of nitrogens with zero attached hydrogens (tertiary/aromatic N) is 1. The average molecular weight is 289 g/mol. The number of rotatable bonds is 5. The van der Waals surface area contributed by atoms with E-state index < -0.39 is 5.97 Å². The molecule has 0 amide bonds. The van der Waals surface area contributed by atoms with Crippen LogP contribution in [0.5, 0.6) is 0 Å². The number of hydrogen-bond donors (Lipinski definition) is 1. The van der Waals surface area contributed by atoms with E-state index in [0.717, 1.165) is 11.1 Å². The highest BCUT2D eigenvalue weighted by Crippen LogP contribution is 2.22. The first-order valence-corrected chi connectivity index (χ1v) is 6.36. The van der Waals surface area contributed by atoms with E-state index >= 15 is 0 Å². The number of carbonyl (C=O) groups excluding carboxylic acids is 1. The third-order valence-corrected chi connectivity index (χ3v) is 2.85. The maximum atomic E-state index is 10.7. The van der Waals surface area contributed by atoms with Gasteiger partial charge in [0.25, 0.3) is 0 Å². The summed E-state index contributed by atoms with van der Waals surface area (Å²) in [4.78, 5) is 25.6. The molecule has 1 aromatic carbocycles. The molecule has 0 aliphatic rings. The maximum Gasteiger partial charge on any atom is 0.309 e. The minimum Gasteiger partial charge on any atom is -0.481 e. The van der Waals surface area contributed by atoms with Crippen molar-refractivity contribution >= 4 is 11.9 Å². The lowest BCUT2D eigenvalue weighted by molar-refractivity contribution is -0.142. The summed E-state index contributed by atoms with van der Waals surface area (Å²) < 4.78 is 10.4. The number of aliphatic carboxylic acids is 1. The number of ether oxygens (including phenoxy) is 1. The number of carboxylic acid groups (broad SMARTS) is 1. The van der Waals surface area contributed by atoms with Crippen molar-refractivity contribution in [1.29, 1.82) is 0 Å². The normalized spacial score (nSPS) is 10.4. The Hall–Kier alpha value is -2.63. The second-order valence-corrected chi connectivity index (χ2v) is 4.57. The van der Waals surface area contributed by atoms with Gasteiger partial charge in [-0.3, -0.25) is 9.59 Å².